The van der Waals surface area contributed by atoms with Crippen LogP contribution in [0.4, 0.5) is 0 Å². The van der Waals surface area contributed by atoms with Crippen molar-refractivity contribution >= 4 is 0 Å². The average Bonchev–Trinajstić information content (AvgIpc) is 2.46. The maximum atomic E-state index is 5.73. The van der Waals surface area contributed by atoms with Crippen molar-refractivity contribution in [3.05, 3.63) is 23.9 Å². The second kappa shape index (κ2) is 6.71. The lowest BCUT2D eigenvalue weighted by atomic mass is 10.0. The molecule has 4 heteroatoms. The lowest BCUT2D eigenvalue weighted by Crippen LogP contribution is -2.21. The van der Waals surface area contributed by atoms with E-state index < -0.39 is 0 Å². The van der Waals surface area contributed by atoms with Crippen molar-refractivity contribution in [3.63, 3.8) is 0 Å². The summed E-state index contributed by atoms with van der Waals surface area (Å²) in [5.74, 6) is 1.32. The molecule has 2 heterocycles. The second-order valence-electron chi connectivity index (χ2n) is 4.81. The summed E-state index contributed by atoms with van der Waals surface area (Å²) < 4.78 is 11.1. The molecule has 4 nitrogen and oxygen atoms in total. The molecule has 1 aliphatic rings. The highest BCUT2D eigenvalue weighted by Crippen LogP contribution is 2.18. The van der Waals surface area contributed by atoms with Gasteiger partial charge in [-0.15, -0.1) is 0 Å². The third kappa shape index (κ3) is 3.68. The number of hydrogen-bond donors (Lipinski definition) is 1. The van der Waals surface area contributed by atoms with Crippen LogP contribution in [0.15, 0.2) is 18.3 Å². The summed E-state index contributed by atoms with van der Waals surface area (Å²) in [4.78, 5) is 4.34. The summed E-state index contributed by atoms with van der Waals surface area (Å²) in [5, 5.41) is 3.19. The van der Waals surface area contributed by atoms with E-state index in [0.29, 0.717) is 17.8 Å². The minimum absolute atomic E-state index is 0.321. The van der Waals surface area contributed by atoms with Crippen LogP contribution in [0.5, 0.6) is 5.88 Å². The summed E-state index contributed by atoms with van der Waals surface area (Å²) in [7, 11) is 1.94. The number of rotatable bonds is 5. The maximum absolute atomic E-state index is 5.73. The first-order valence-electron chi connectivity index (χ1n) is 6.63. The van der Waals surface area contributed by atoms with E-state index in [4.69, 9.17) is 9.47 Å². The lowest BCUT2D eigenvalue weighted by Gasteiger charge is -2.21. The Kier molecular flexibility index (Phi) is 4.96. The van der Waals surface area contributed by atoms with Gasteiger partial charge in [-0.25, -0.2) is 4.98 Å². The fourth-order valence-electron chi connectivity index (χ4n) is 2.02. The molecule has 1 aromatic rings. The molecule has 0 amide bonds. The first kappa shape index (κ1) is 13.3. The van der Waals surface area contributed by atoms with Crippen molar-refractivity contribution in [1.82, 2.24) is 10.3 Å². The van der Waals surface area contributed by atoms with Gasteiger partial charge in [0.1, 0.15) is 0 Å². The Balaban J connectivity index is 1.82. The number of hydrogen-bond acceptors (Lipinski definition) is 4. The molecule has 0 radical (unpaired) electrons. The average molecular weight is 250 g/mol. The van der Waals surface area contributed by atoms with Crippen molar-refractivity contribution < 1.29 is 9.47 Å². The molecule has 0 aromatic carbocycles. The molecule has 0 bridgehead atoms. The van der Waals surface area contributed by atoms with Gasteiger partial charge in [0.05, 0.1) is 6.61 Å². The lowest BCUT2D eigenvalue weighted by molar-refractivity contribution is 0.0490. The quantitative estimate of drug-likeness (QED) is 0.869. The predicted molar refractivity (Wildman–Crippen MR) is 70.7 cm³/mol. The molecule has 1 aromatic heterocycles. The number of pyridine rings is 1. The van der Waals surface area contributed by atoms with Crippen LogP contribution >= 0.6 is 0 Å². The zero-order valence-corrected chi connectivity index (χ0v) is 11.2. The zero-order chi connectivity index (χ0) is 12.8. The van der Waals surface area contributed by atoms with E-state index >= 15 is 0 Å². The van der Waals surface area contributed by atoms with Crippen LogP contribution in [0.25, 0.3) is 0 Å². The first-order valence-corrected chi connectivity index (χ1v) is 6.63. The third-order valence-corrected chi connectivity index (χ3v) is 3.50. The molecular formula is C14H22N2O2. The Morgan fingerprint density at radius 1 is 1.44 bits per heavy atom. The van der Waals surface area contributed by atoms with Crippen molar-refractivity contribution in [3.8, 4) is 5.88 Å². The Labute approximate surface area is 109 Å². The molecular weight excluding hydrogens is 228 g/mol. The molecule has 18 heavy (non-hydrogen) atoms. The molecule has 0 spiro atoms. The van der Waals surface area contributed by atoms with Gasteiger partial charge in [-0.3, -0.25) is 0 Å². The Bertz CT molecular complexity index is 347. The third-order valence-electron chi connectivity index (χ3n) is 3.50. The van der Waals surface area contributed by atoms with E-state index in [2.05, 4.69) is 23.3 Å². The van der Waals surface area contributed by atoms with Crippen molar-refractivity contribution in [2.45, 2.75) is 25.8 Å². The van der Waals surface area contributed by atoms with Gasteiger partial charge in [0.15, 0.2) is 0 Å². The highest BCUT2D eigenvalue weighted by Gasteiger charge is 2.14. The second-order valence-corrected chi connectivity index (χ2v) is 4.81. The minimum atomic E-state index is 0.321. The smallest absolute Gasteiger partial charge is 0.213 e. The number of nitrogens with one attached hydrogen (secondary N) is 1. The van der Waals surface area contributed by atoms with E-state index in [0.717, 1.165) is 32.7 Å². The maximum Gasteiger partial charge on any atom is 0.213 e. The monoisotopic (exact) mass is 250 g/mol. The summed E-state index contributed by atoms with van der Waals surface area (Å²) in [5.41, 5.74) is 1.18. The van der Waals surface area contributed by atoms with Crippen LogP contribution in [0.2, 0.25) is 0 Å². The van der Waals surface area contributed by atoms with Crippen LogP contribution in [0.1, 0.15) is 31.4 Å². The minimum Gasteiger partial charge on any atom is -0.477 e. The van der Waals surface area contributed by atoms with Gasteiger partial charge in [-0.2, -0.15) is 0 Å². The largest absolute Gasteiger partial charge is 0.477 e. The predicted octanol–water partition coefficient (Wildman–Crippen LogP) is 2.17. The molecule has 0 saturated carbocycles. The SMILES string of the molecule is CNC(C)c1ccc(OCC2CCOCC2)nc1. The topological polar surface area (TPSA) is 43.4 Å². The van der Waals surface area contributed by atoms with E-state index in [-0.39, 0.29) is 0 Å². The van der Waals surface area contributed by atoms with Crippen molar-refractivity contribution in [2.75, 3.05) is 26.9 Å². The molecule has 1 N–H and O–H groups in total. The zero-order valence-electron chi connectivity index (χ0n) is 11.2. The molecule has 100 valence electrons. The van der Waals surface area contributed by atoms with Crippen LogP contribution in [0.3, 0.4) is 0 Å². The molecule has 1 fully saturated rings. The Hall–Kier alpha value is -1.13. The van der Waals surface area contributed by atoms with Crippen LogP contribution in [0, 0.1) is 5.92 Å². The van der Waals surface area contributed by atoms with Gasteiger partial charge in [0.25, 0.3) is 0 Å². The highest BCUT2D eigenvalue weighted by atomic mass is 16.5. The summed E-state index contributed by atoms with van der Waals surface area (Å²) in [6.07, 6.45) is 4.06. The highest BCUT2D eigenvalue weighted by molar-refractivity contribution is 5.20. The van der Waals surface area contributed by atoms with Crippen LogP contribution in [-0.2, 0) is 4.74 Å². The number of nitrogens with zero attached hydrogens (tertiary/aromatic N) is 1. The van der Waals surface area contributed by atoms with Gasteiger partial charge in [0.2, 0.25) is 5.88 Å². The molecule has 1 aliphatic heterocycles. The van der Waals surface area contributed by atoms with Gasteiger partial charge < -0.3 is 14.8 Å². The normalized spacial score (nSPS) is 18.6. The van der Waals surface area contributed by atoms with Gasteiger partial charge >= 0.3 is 0 Å². The van der Waals surface area contributed by atoms with Crippen molar-refractivity contribution in [1.29, 1.82) is 0 Å². The van der Waals surface area contributed by atoms with Gasteiger partial charge in [-0.05, 0) is 38.3 Å². The number of ether oxygens (including phenoxy) is 2. The molecule has 1 saturated heterocycles. The fourth-order valence-corrected chi connectivity index (χ4v) is 2.02. The Morgan fingerprint density at radius 2 is 2.22 bits per heavy atom. The van der Waals surface area contributed by atoms with Crippen molar-refractivity contribution in [2.24, 2.45) is 5.92 Å². The van der Waals surface area contributed by atoms with E-state index in [1.807, 2.05) is 19.3 Å². The summed E-state index contributed by atoms with van der Waals surface area (Å²) in [6, 6.07) is 4.33. The van der Waals surface area contributed by atoms with Gasteiger partial charge in [-0.1, -0.05) is 6.07 Å². The molecule has 1 atom stereocenters. The van der Waals surface area contributed by atoms with E-state index in [9.17, 15) is 0 Å². The van der Waals surface area contributed by atoms with E-state index in [1.54, 1.807) is 0 Å². The summed E-state index contributed by atoms with van der Waals surface area (Å²) >= 11 is 0. The standard InChI is InChI=1S/C14H22N2O2/c1-11(15-2)13-3-4-14(16-9-13)18-10-12-5-7-17-8-6-12/h3-4,9,11-12,15H,5-8,10H2,1-2H3. The summed E-state index contributed by atoms with van der Waals surface area (Å²) in [6.45, 7) is 4.58. The van der Waals surface area contributed by atoms with Crippen LogP contribution < -0.4 is 10.1 Å². The first-order chi connectivity index (χ1) is 8.79. The van der Waals surface area contributed by atoms with Crippen LogP contribution in [-0.4, -0.2) is 31.9 Å². The van der Waals surface area contributed by atoms with E-state index in [1.165, 1.54) is 5.56 Å². The fraction of sp³-hybridized carbons (Fsp3) is 0.643. The van der Waals surface area contributed by atoms with Gasteiger partial charge in [0, 0.05) is 31.5 Å². The molecule has 1 unspecified atom stereocenters. The molecule has 2 rings (SSSR count). The Morgan fingerprint density at radius 3 is 2.83 bits per heavy atom. The molecule has 0 aliphatic carbocycles. The number of aromatic nitrogens is 1.